The van der Waals surface area contributed by atoms with Crippen molar-refractivity contribution >= 4 is 11.6 Å². The highest BCUT2D eigenvalue weighted by Gasteiger charge is 2.32. The lowest BCUT2D eigenvalue weighted by Gasteiger charge is -2.35. The second-order valence-corrected chi connectivity index (χ2v) is 4.86. The summed E-state index contributed by atoms with van der Waals surface area (Å²) in [5.74, 6) is -0.341. The number of anilines is 1. The van der Waals surface area contributed by atoms with Crippen LogP contribution >= 0.6 is 0 Å². The van der Waals surface area contributed by atoms with Gasteiger partial charge in [0.15, 0.2) is 0 Å². The minimum atomic E-state index is -0.389. The monoisotopic (exact) mass is 265 g/mol. The van der Waals surface area contributed by atoms with E-state index in [0.29, 0.717) is 18.8 Å². The summed E-state index contributed by atoms with van der Waals surface area (Å²) in [6.07, 6.45) is 0.806. The van der Waals surface area contributed by atoms with Gasteiger partial charge in [0.2, 0.25) is 5.91 Å². The number of amides is 1. The Labute approximate surface area is 113 Å². The molecule has 1 fully saturated rings. The zero-order chi connectivity index (χ0) is 13.8. The molecule has 5 heteroatoms. The first-order chi connectivity index (χ1) is 9.15. The van der Waals surface area contributed by atoms with E-state index in [2.05, 4.69) is 10.6 Å². The van der Waals surface area contributed by atoms with Gasteiger partial charge in [0, 0.05) is 19.1 Å². The lowest BCUT2D eigenvalue weighted by molar-refractivity contribution is -0.121. The summed E-state index contributed by atoms with van der Waals surface area (Å²) in [5.41, 5.74) is 0.493. The molecule has 2 atom stereocenters. The molecule has 19 heavy (non-hydrogen) atoms. The predicted octanol–water partition coefficient (Wildman–Crippen LogP) is 1.13. The molecular weight excluding hydrogens is 245 g/mol. The fourth-order valence-corrected chi connectivity index (χ4v) is 2.55. The summed E-state index contributed by atoms with van der Waals surface area (Å²) in [7, 11) is 1.79. The molecule has 0 radical (unpaired) electrons. The zero-order valence-corrected chi connectivity index (χ0v) is 11.3. The maximum Gasteiger partial charge on any atom is 0.244 e. The van der Waals surface area contributed by atoms with Crippen molar-refractivity contribution in [3.8, 4) is 0 Å². The predicted molar refractivity (Wildman–Crippen MR) is 73.7 cm³/mol. The molecule has 0 aromatic heterocycles. The highest BCUT2D eigenvalue weighted by molar-refractivity contribution is 5.86. The van der Waals surface area contributed by atoms with Crippen molar-refractivity contribution in [2.45, 2.75) is 25.4 Å². The van der Waals surface area contributed by atoms with Gasteiger partial charge in [-0.25, -0.2) is 4.39 Å². The number of carbonyl (C=O) groups excluding carboxylic acids is 1. The van der Waals surface area contributed by atoms with Crippen molar-refractivity contribution in [1.82, 2.24) is 10.6 Å². The smallest absolute Gasteiger partial charge is 0.244 e. The van der Waals surface area contributed by atoms with E-state index >= 15 is 0 Å². The molecule has 0 saturated carbocycles. The molecular formula is C14H20FN3O. The number of hydrogen-bond acceptors (Lipinski definition) is 3. The number of carbonyl (C=O) groups is 1. The molecule has 1 saturated heterocycles. The van der Waals surface area contributed by atoms with E-state index in [0.717, 1.165) is 6.42 Å². The van der Waals surface area contributed by atoms with Gasteiger partial charge in [-0.1, -0.05) is 12.1 Å². The fraction of sp³-hybridized carbons (Fsp3) is 0.500. The molecule has 1 aromatic rings. The molecule has 104 valence electrons. The van der Waals surface area contributed by atoms with E-state index in [1.165, 1.54) is 6.07 Å². The number of rotatable bonds is 3. The molecule has 1 aliphatic rings. The normalized spacial score (nSPS) is 23.9. The maximum atomic E-state index is 14.0. The topological polar surface area (TPSA) is 44.4 Å². The first-order valence-corrected chi connectivity index (χ1v) is 6.60. The average Bonchev–Trinajstić information content (AvgIpc) is 2.52. The van der Waals surface area contributed by atoms with Crippen LogP contribution in [0.1, 0.15) is 13.3 Å². The molecule has 2 rings (SSSR count). The maximum absolute atomic E-state index is 14.0. The van der Waals surface area contributed by atoms with Crippen LogP contribution in [0.2, 0.25) is 0 Å². The number of nitrogens with zero attached hydrogens (tertiary/aromatic N) is 1. The molecule has 1 amide bonds. The van der Waals surface area contributed by atoms with Gasteiger partial charge in [0.25, 0.3) is 0 Å². The van der Waals surface area contributed by atoms with Gasteiger partial charge in [0.05, 0.1) is 5.69 Å². The first-order valence-electron chi connectivity index (χ1n) is 6.60. The molecule has 1 aromatic carbocycles. The highest BCUT2D eigenvalue weighted by atomic mass is 19.1. The van der Waals surface area contributed by atoms with Crippen LogP contribution < -0.4 is 15.5 Å². The second kappa shape index (κ2) is 6.02. The Bertz CT molecular complexity index is 452. The number of likely N-dealkylation sites (N-methyl/N-ethyl adjacent to an activating group) is 1. The summed E-state index contributed by atoms with van der Waals surface area (Å²) in [6.45, 7) is 3.14. The first kappa shape index (κ1) is 13.8. The highest BCUT2D eigenvalue weighted by Crippen LogP contribution is 2.25. The molecule has 4 nitrogen and oxygen atoms in total. The van der Waals surface area contributed by atoms with Gasteiger partial charge in [-0.2, -0.15) is 0 Å². The molecule has 2 unspecified atom stereocenters. The van der Waals surface area contributed by atoms with E-state index < -0.39 is 0 Å². The summed E-state index contributed by atoms with van der Waals surface area (Å²) in [5, 5.41) is 5.90. The Balaban J connectivity index is 2.40. The third kappa shape index (κ3) is 2.87. The Hall–Kier alpha value is -1.62. The SMILES string of the molecule is CNCC1C(=O)NCCC(C)N1c1ccccc1F. The summed E-state index contributed by atoms with van der Waals surface area (Å²) < 4.78 is 14.0. The van der Waals surface area contributed by atoms with Gasteiger partial charge in [0.1, 0.15) is 11.9 Å². The van der Waals surface area contributed by atoms with Crippen molar-refractivity contribution in [3.05, 3.63) is 30.1 Å². The molecule has 0 spiro atoms. The lowest BCUT2D eigenvalue weighted by Crippen LogP contribution is -2.52. The molecule has 0 aliphatic carbocycles. The van der Waals surface area contributed by atoms with E-state index in [-0.39, 0.29) is 23.8 Å². The minimum Gasteiger partial charge on any atom is -0.354 e. The minimum absolute atomic E-state index is 0.0537. The van der Waals surface area contributed by atoms with Gasteiger partial charge < -0.3 is 15.5 Å². The second-order valence-electron chi connectivity index (χ2n) is 4.86. The van der Waals surface area contributed by atoms with Crippen LogP contribution in [0.3, 0.4) is 0 Å². The van der Waals surface area contributed by atoms with Crippen LogP contribution in [0.25, 0.3) is 0 Å². The standard InChI is InChI=1S/C14H20FN3O/c1-10-7-8-17-14(19)13(9-16-2)18(10)12-6-4-3-5-11(12)15/h3-6,10,13,16H,7-9H2,1-2H3,(H,17,19). The summed E-state index contributed by atoms with van der Waals surface area (Å²) >= 11 is 0. The van der Waals surface area contributed by atoms with Crippen LogP contribution in [0.4, 0.5) is 10.1 Å². The Morgan fingerprint density at radius 3 is 2.89 bits per heavy atom. The van der Waals surface area contributed by atoms with Crippen molar-refractivity contribution in [1.29, 1.82) is 0 Å². The van der Waals surface area contributed by atoms with Gasteiger partial charge in [-0.05, 0) is 32.5 Å². The number of hydrogen-bond donors (Lipinski definition) is 2. The van der Waals surface area contributed by atoms with E-state index in [1.807, 2.05) is 11.8 Å². The Morgan fingerprint density at radius 2 is 2.21 bits per heavy atom. The zero-order valence-electron chi connectivity index (χ0n) is 11.3. The molecule has 1 heterocycles. The number of nitrogens with one attached hydrogen (secondary N) is 2. The van der Waals surface area contributed by atoms with Crippen LogP contribution in [0, 0.1) is 5.82 Å². The van der Waals surface area contributed by atoms with Gasteiger partial charge in [-0.3, -0.25) is 4.79 Å². The van der Waals surface area contributed by atoms with Crippen molar-refractivity contribution < 1.29 is 9.18 Å². The fourth-order valence-electron chi connectivity index (χ4n) is 2.55. The number of halogens is 1. The third-order valence-corrected chi connectivity index (χ3v) is 3.50. The Morgan fingerprint density at radius 1 is 1.47 bits per heavy atom. The molecule has 2 N–H and O–H groups in total. The van der Waals surface area contributed by atoms with E-state index in [9.17, 15) is 9.18 Å². The van der Waals surface area contributed by atoms with Crippen LogP contribution in [-0.2, 0) is 4.79 Å². The summed E-state index contributed by atoms with van der Waals surface area (Å²) in [6, 6.07) is 6.33. The van der Waals surface area contributed by atoms with Crippen LogP contribution in [-0.4, -0.2) is 38.1 Å². The Kier molecular flexibility index (Phi) is 4.37. The largest absolute Gasteiger partial charge is 0.354 e. The van der Waals surface area contributed by atoms with Crippen molar-refractivity contribution in [2.75, 3.05) is 25.0 Å². The van der Waals surface area contributed by atoms with Crippen molar-refractivity contribution in [3.63, 3.8) is 0 Å². The third-order valence-electron chi connectivity index (χ3n) is 3.50. The van der Waals surface area contributed by atoms with E-state index in [4.69, 9.17) is 0 Å². The lowest BCUT2D eigenvalue weighted by atomic mass is 10.1. The van der Waals surface area contributed by atoms with Crippen LogP contribution in [0.5, 0.6) is 0 Å². The van der Waals surface area contributed by atoms with Gasteiger partial charge in [-0.15, -0.1) is 0 Å². The molecule has 1 aliphatic heterocycles. The van der Waals surface area contributed by atoms with Gasteiger partial charge >= 0.3 is 0 Å². The quantitative estimate of drug-likeness (QED) is 0.861. The van der Waals surface area contributed by atoms with Crippen LogP contribution in [0.15, 0.2) is 24.3 Å². The van der Waals surface area contributed by atoms with Crippen molar-refractivity contribution in [2.24, 2.45) is 0 Å². The number of benzene rings is 1. The van der Waals surface area contributed by atoms with E-state index in [1.54, 1.807) is 25.2 Å². The summed E-state index contributed by atoms with van der Waals surface area (Å²) in [4.78, 5) is 14.0. The number of para-hydroxylation sites is 1. The average molecular weight is 265 g/mol. The molecule has 0 bridgehead atoms.